The normalized spacial score (nSPS) is 11.0. The number of carbonyl (C=O) groups is 2. The zero-order valence-electron chi connectivity index (χ0n) is 14.3. The highest BCUT2D eigenvalue weighted by atomic mass is 32.2. The molecule has 0 unspecified atom stereocenters. The topological polar surface area (TPSA) is 67.4 Å². The van der Waals surface area contributed by atoms with Crippen molar-refractivity contribution in [2.75, 3.05) is 24.7 Å². The van der Waals surface area contributed by atoms with Crippen LogP contribution < -0.4 is 15.4 Å². The number of hydrogen-bond donors (Lipinski definition) is 2. The standard InChI is InChI=1S/C18H17F3N2O3S/c1-26-13-6-4-5-12(9-13)23-16(24)10-27-15-8-3-2-7-14(15)17(25)22-11-18(19,20)21/h2-9H,10-11H2,1H3,(H,22,25)(H,23,24). The summed E-state index contributed by atoms with van der Waals surface area (Å²) in [4.78, 5) is 24.5. The van der Waals surface area contributed by atoms with Gasteiger partial charge in [0.05, 0.1) is 18.4 Å². The summed E-state index contributed by atoms with van der Waals surface area (Å²) in [6.45, 7) is -1.42. The monoisotopic (exact) mass is 398 g/mol. The quantitative estimate of drug-likeness (QED) is 0.698. The van der Waals surface area contributed by atoms with Crippen molar-refractivity contribution in [2.24, 2.45) is 0 Å². The van der Waals surface area contributed by atoms with Crippen LogP contribution in [-0.4, -0.2) is 37.4 Å². The third kappa shape index (κ3) is 6.86. The maximum Gasteiger partial charge on any atom is 0.405 e. The summed E-state index contributed by atoms with van der Waals surface area (Å²) in [5.74, 6) is -0.588. The van der Waals surface area contributed by atoms with Crippen LogP contribution in [0.25, 0.3) is 0 Å². The van der Waals surface area contributed by atoms with Gasteiger partial charge >= 0.3 is 6.18 Å². The number of ether oxygens (including phenoxy) is 1. The molecule has 2 amide bonds. The van der Waals surface area contributed by atoms with Crippen molar-refractivity contribution in [1.29, 1.82) is 0 Å². The molecule has 0 saturated heterocycles. The number of methoxy groups -OCH3 is 1. The maximum atomic E-state index is 12.3. The van der Waals surface area contributed by atoms with Crippen LogP contribution in [0.5, 0.6) is 5.75 Å². The van der Waals surface area contributed by atoms with E-state index in [2.05, 4.69) is 5.32 Å². The second-order valence-corrected chi connectivity index (χ2v) is 6.38. The number of anilines is 1. The van der Waals surface area contributed by atoms with Crippen LogP contribution >= 0.6 is 11.8 Å². The van der Waals surface area contributed by atoms with Gasteiger partial charge in [0.1, 0.15) is 12.3 Å². The summed E-state index contributed by atoms with van der Waals surface area (Å²) in [6, 6.07) is 13.0. The molecule has 0 spiro atoms. The molecule has 9 heteroatoms. The minimum atomic E-state index is -4.49. The molecule has 0 saturated carbocycles. The molecule has 0 heterocycles. The van der Waals surface area contributed by atoms with E-state index < -0.39 is 18.6 Å². The Morgan fingerprint density at radius 1 is 1.11 bits per heavy atom. The minimum absolute atomic E-state index is 0.0131. The number of halogens is 3. The van der Waals surface area contributed by atoms with Crippen molar-refractivity contribution in [3.63, 3.8) is 0 Å². The van der Waals surface area contributed by atoms with Crippen molar-refractivity contribution >= 4 is 29.3 Å². The fourth-order valence-corrected chi connectivity index (χ4v) is 2.95. The summed E-state index contributed by atoms with van der Waals surface area (Å²) < 4.78 is 41.9. The molecule has 2 rings (SSSR count). The van der Waals surface area contributed by atoms with E-state index in [0.29, 0.717) is 16.3 Å². The van der Waals surface area contributed by atoms with Crippen LogP contribution in [0.2, 0.25) is 0 Å². The average Bonchev–Trinajstić information content (AvgIpc) is 2.64. The molecule has 0 bridgehead atoms. The van der Waals surface area contributed by atoms with Crippen LogP contribution in [0, 0.1) is 0 Å². The number of benzene rings is 2. The predicted molar refractivity (Wildman–Crippen MR) is 97.2 cm³/mol. The zero-order valence-corrected chi connectivity index (χ0v) is 15.1. The van der Waals surface area contributed by atoms with E-state index in [1.54, 1.807) is 42.5 Å². The molecule has 0 aliphatic rings. The van der Waals surface area contributed by atoms with Crippen molar-refractivity contribution in [3.8, 4) is 5.75 Å². The van der Waals surface area contributed by atoms with E-state index in [1.165, 1.54) is 13.2 Å². The molecule has 2 aromatic carbocycles. The number of thioether (sulfide) groups is 1. The van der Waals surface area contributed by atoms with Crippen molar-refractivity contribution in [2.45, 2.75) is 11.1 Å². The molecular formula is C18H17F3N2O3S. The lowest BCUT2D eigenvalue weighted by molar-refractivity contribution is -0.123. The smallest absolute Gasteiger partial charge is 0.405 e. The first kappa shape index (κ1) is 20.6. The highest BCUT2D eigenvalue weighted by Gasteiger charge is 2.28. The van der Waals surface area contributed by atoms with Crippen LogP contribution in [0.1, 0.15) is 10.4 Å². The molecule has 0 aromatic heterocycles. The van der Waals surface area contributed by atoms with Gasteiger partial charge in [-0.25, -0.2) is 0 Å². The summed E-state index contributed by atoms with van der Waals surface area (Å²) in [5, 5.41) is 4.52. The van der Waals surface area contributed by atoms with Crippen molar-refractivity contribution in [3.05, 3.63) is 54.1 Å². The summed E-state index contributed by atoms with van der Waals surface area (Å²) in [6.07, 6.45) is -4.49. The lowest BCUT2D eigenvalue weighted by Crippen LogP contribution is -2.34. The van der Waals surface area contributed by atoms with Gasteiger partial charge in [-0.15, -0.1) is 11.8 Å². The molecule has 144 valence electrons. The summed E-state index contributed by atoms with van der Waals surface area (Å²) >= 11 is 1.06. The highest BCUT2D eigenvalue weighted by Crippen LogP contribution is 2.24. The van der Waals surface area contributed by atoms with Gasteiger partial charge in [-0.05, 0) is 24.3 Å². The first-order chi connectivity index (χ1) is 12.8. The van der Waals surface area contributed by atoms with E-state index >= 15 is 0 Å². The van der Waals surface area contributed by atoms with Gasteiger partial charge in [-0.3, -0.25) is 9.59 Å². The van der Waals surface area contributed by atoms with Gasteiger partial charge in [-0.2, -0.15) is 13.2 Å². The molecule has 0 aliphatic heterocycles. The van der Waals surface area contributed by atoms with Gasteiger partial charge in [0.2, 0.25) is 5.91 Å². The molecular weight excluding hydrogens is 381 g/mol. The fourth-order valence-electron chi connectivity index (χ4n) is 2.10. The molecule has 0 fully saturated rings. The third-order valence-electron chi connectivity index (χ3n) is 3.29. The van der Waals surface area contributed by atoms with Crippen LogP contribution in [0.3, 0.4) is 0 Å². The van der Waals surface area contributed by atoms with E-state index in [9.17, 15) is 22.8 Å². The number of rotatable bonds is 7. The Morgan fingerprint density at radius 2 is 1.85 bits per heavy atom. The Bertz CT molecular complexity index is 812. The fraction of sp³-hybridized carbons (Fsp3) is 0.222. The van der Waals surface area contributed by atoms with Crippen molar-refractivity contribution < 1.29 is 27.5 Å². The molecule has 0 radical (unpaired) electrons. The second kappa shape index (κ2) is 9.31. The first-order valence-corrected chi connectivity index (χ1v) is 8.78. The van der Waals surface area contributed by atoms with Crippen LogP contribution in [0.15, 0.2) is 53.4 Å². The van der Waals surface area contributed by atoms with Gasteiger partial charge < -0.3 is 15.4 Å². The number of amides is 2. The first-order valence-electron chi connectivity index (χ1n) is 7.79. The number of alkyl halides is 3. The van der Waals surface area contributed by atoms with Gasteiger partial charge in [-0.1, -0.05) is 18.2 Å². The molecule has 5 nitrogen and oxygen atoms in total. The Kier molecular flexibility index (Phi) is 7.12. The van der Waals surface area contributed by atoms with Gasteiger partial charge in [0, 0.05) is 16.6 Å². The predicted octanol–water partition coefficient (Wildman–Crippen LogP) is 3.72. The van der Waals surface area contributed by atoms with Gasteiger partial charge in [0.25, 0.3) is 5.91 Å². The van der Waals surface area contributed by atoms with Crippen LogP contribution in [-0.2, 0) is 4.79 Å². The molecule has 2 aromatic rings. The highest BCUT2D eigenvalue weighted by molar-refractivity contribution is 8.00. The van der Waals surface area contributed by atoms with Crippen molar-refractivity contribution in [1.82, 2.24) is 5.32 Å². The Morgan fingerprint density at radius 3 is 2.56 bits per heavy atom. The molecule has 0 atom stereocenters. The summed E-state index contributed by atoms with van der Waals surface area (Å²) in [7, 11) is 1.51. The molecule has 0 aliphatic carbocycles. The summed E-state index contributed by atoms with van der Waals surface area (Å²) in [5.41, 5.74) is 0.636. The Hall–Kier alpha value is -2.68. The lowest BCUT2D eigenvalue weighted by atomic mass is 10.2. The molecule has 27 heavy (non-hydrogen) atoms. The number of carbonyl (C=O) groups excluding carboxylic acids is 2. The number of hydrogen-bond acceptors (Lipinski definition) is 4. The van der Waals surface area contributed by atoms with E-state index in [4.69, 9.17) is 4.74 Å². The SMILES string of the molecule is COc1cccc(NC(=O)CSc2ccccc2C(=O)NCC(F)(F)F)c1. The van der Waals surface area contributed by atoms with E-state index in [-0.39, 0.29) is 17.2 Å². The Balaban J connectivity index is 1.97. The van der Waals surface area contributed by atoms with E-state index in [0.717, 1.165) is 11.8 Å². The lowest BCUT2D eigenvalue weighted by Gasteiger charge is -2.11. The van der Waals surface area contributed by atoms with Crippen LogP contribution in [0.4, 0.5) is 18.9 Å². The van der Waals surface area contributed by atoms with E-state index in [1.807, 2.05) is 5.32 Å². The largest absolute Gasteiger partial charge is 0.497 e. The Labute approximate surface area is 158 Å². The third-order valence-corrected chi connectivity index (χ3v) is 4.37. The minimum Gasteiger partial charge on any atom is -0.497 e. The maximum absolute atomic E-state index is 12.3. The number of nitrogens with one attached hydrogen (secondary N) is 2. The molecule has 2 N–H and O–H groups in total. The van der Waals surface area contributed by atoms with Gasteiger partial charge in [0.15, 0.2) is 0 Å². The average molecular weight is 398 g/mol. The zero-order chi connectivity index (χ0) is 19.9. The second-order valence-electron chi connectivity index (χ2n) is 5.36.